The molecule has 1 fully saturated rings. The first-order chi connectivity index (χ1) is 12.2. The van der Waals surface area contributed by atoms with Crippen molar-refractivity contribution in [1.29, 1.82) is 0 Å². The van der Waals surface area contributed by atoms with Crippen LogP contribution in [0, 0.1) is 0 Å². The Kier molecular flexibility index (Phi) is 6.07. The topological polar surface area (TPSA) is 35.6 Å². The van der Waals surface area contributed by atoms with E-state index in [2.05, 4.69) is 58.6 Å². The highest BCUT2D eigenvalue weighted by molar-refractivity contribution is 5.76. The minimum absolute atomic E-state index is 0.104. The Bertz CT molecular complexity index is 661. The van der Waals surface area contributed by atoms with Gasteiger partial charge < -0.3 is 15.1 Å². The van der Waals surface area contributed by atoms with E-state index >= 15 is 0 Å². The van der Waals surface area contributed by atoms with Crippen LogP contribution in [0.2, 0.25) is 0 Å². The van der Waals surface area contributed by atoms with E-state index in [-0.39, 0.29) is 5.91 Å². The zero-order chi connectivity index (χ0) is 17.5. The van der Waals surface area contributed by atoms with E-state index in [0.29, 0.717) is 13.0 Å². The zero-order valence-corrected chi connectivity index (χ0v) is 14.9. The van der Waals surface area contributed by atoms with E-state index in [9.17, 15) is 4.79 Å². The highest BCUT2D eigenvalue weighted by Crippen LogP contribution is 2.17. The lowest BCUT2D eigenvalue weighted by Crippen LogP contribution is -2.44. The Hall–Kier alpha value is -2.33. The van der Waals surface area contributed by atoms with Gasteiger partial charge in [-0.1, -0.05) is 42.5 Å². The van der Waals surface area contributed by atoms with Crippen molar-refractivity contribution in [2.24, 2.45) is 0 Å². The molecule has 1 aliphatic heterocycles. The molecule has 1 N–H and O–H groups in total. The highest BCUT2D eigenvalue weighted by Gasteiger charge is 2.13. The molecule has 25 heavy (non-hydrogen) atoms. The average molecular weight is 337 g/mol. The summed E-state index contributed by atoms with van der Waals surface area (Å²) in [6.07, 6.45) is 1.32. The predicted molar refractivity (Wildman–Crippen MR) is 103 cm³/mol. The first-order valence-electron chi connectivity index (χ1n) is 9.04. The largest absolute Gasteiger partial charge is 0.369 e. The molecule has 1 saturated heterocycles. The van der Waals surface area contributed by atoms with E-state index < -0.39 is 0 Å². The number of amides is 1. The number of carbonyl (C=O) groups is 1. The standard InChI is InChI=1S/C21H27N3O/c1-23-13-15-24(16-14-23)20-10-7-19(8-11-20)17-22-21(25)12-9-18-5-3-2-4-6-18/h2-8,10-11H,9,12-17H2,1H3,(H,22,25). The molecule has 0 radical (unpaired) electrons. The molecule has 0 spiro atoms. The molecule has 0 saturated carbocycles. The summed E-state index contributed by atoms with van der Waals surface area (Å²) < 4.78 is 0. The molecule has 1 aliphatic rings. The van der Waals surface area contributed by atoms with Crippen molar-refractivity contribution in [2.45, 2.75) is 19.4 Å². The fourth-order valence-electron chi connectivity index (χ4n) is 3.08. The number of rotatable bonds is 6. The Labute approximate surface area is 150 Å². The first kappa shape index (κ1) is 17.5. The van der Waals surface area contributed by atoms with Gasteiger partial charge in [0.05, 0.1) is 0 Å². The maximum absolute atomic E-state index is 12.0. The molecule has 0 atom stereocenters. The lowest BCUT2D eigenvalue weighted by atomic mass is 10.1. The number of likely N-dealkylation sites (N-methyl/N-ethyl adjacent to an activating group) is 1. The second kappa shape index (κ2) is 8.67. The molecule has 0 aliphatic carbocycles. The maximum Gasteiger partial charge on any atom is 0.220 e. The van der Waals surface area contributed by atoms with Gasteiger partial charge in [-0.2, -0.15) is 0 Å². The highest BCUT2D eigenvalue weighted by atomic mass is 16.1. The summed E-state index contributed by atoms with van der Waals surface area (Å²) in [7, 11) is 2.17. The van der Waals surface area contributed by atoms with Crippen molar-refractivity contribution in [3.8, 4) is 0 Å². The molecular formula is C21H27N3O. The summed E-state index contributed by atoms with van der Waals surface area (Å²) in [6.45, 7) is 4.97. The average Bonchev–Trinajstić information content (AvgIpc) is 2.67. The molecule has 0 aromatic heterocycles. The van der Waals surface area contributed by atoms with Crippen LogP contribution in [-0.2, 0) is 17.8 Å². The summed E-state index contributed by atoms with van der Waals surface area (Å²) in [4.78, 5) is 16.8. The number of aryl methyl sites for hydroxylation is 1. The molecule has 3 rings (SSSR count). The molecule has 0 bridgehead atoms. The number of benzene rings is 2. The van der Waals surface area contributed by atoms with Crippen LogP contribution < -0.4 is 10.2 Å². The quantitative estimate of drug-likeness (QED) is 0.880. The third-order valence-electron chi connectivity index (χ3n) is 4.78. The van der Waals surface area contributed by atoms with E-state index in [0.717, 1.165) is 38.2 Å². The van der Waals surface area contributed by atoms with Gasteiger partial charge in [0, 0.05) is 44.8 Å². The van der Waals surface area contributed by atoms with Gasteiger partial charge in [0.1, 0.15) is 0 Å². The van der Waals surface area contributed by atoms with Gasteiger partial charge in [-0.15, -0.1) is 0 Å². The van der Waals surface area contributed by atoms with Gasteiger partial charge in [-0.05, 0) is 36.7 Å². The Balaban J connectivity index is 1.43. The summed E-state index contributed by atoms with van der Waals surface area (Å²) in [5.41, 5.74) is 3.62. The summed E-state index contributed by atoms with van der Waals surface area (Å²) in [5.74, 6) is 0.104. The van der Waals surface area contributed by atoms with Gasteiger partial charge >= 0.3 is 0 Å². The molecule has 4 nitrogen and oxygen atoms in total. The van der Waals surface area contributed by atoms with Crippen LogP contribution in [0.5, 0.6) is 0 Å². The van der Waals surface area contributed by atoms with E-state index in [1.807, 2.05) is 18.2 Å². The molecule has 1 amide bonds. The van der Waals surface area contributed by atoms with Crippen LogP contribution in [0.15, 0.2) is 54.6 Å². The minimum atomic E-state index is 0.104. The molecular weight excluding hydrogens is 310 g/mol. The van der Waals surface area contributed by atoms with Crippen LogP contribution >= 0.6 is 0 Å². The SMILES string of the molecule is CN1CCN(c2ccc(CNC(=O)CCc3ccccc3)cc2)CC1. The number of anilines is 1. The fourth-order valence-corrected chi connectivity index (χ4v) is 3.08. The van der Waals surface area contributed by atoms with Gasteiger partial charge in [-0.25, -0.2) is 0 Å². The normalized spacial score (nSPS) is 15.2. The van der Waals surface area contributed by atoms with Crippen LogP contribution in [-0.4, -0.2) is 44.0 Å². The van der Waals surface area contributed by atoms with Gasteiger partial charge in [-0.3, -0.25) is 4.79 Å². The Morgan fingerprint density at radius 3 is 2.28 bits per heavy atom. The third kappa shape index (κ3) is 5.33. The van der Waals surface area contributed by atoms with E-state index in [4.69, 9.17) is 0 Å². The zero-order valence-electron chi connectivity index (χ0n) is 14.9. The van der Waals surface area contributed by atoms with Crippen molar-refractivity contribution >= 4 is 11.6 Å². The first-order valence-corrected chi connectivity index (χ1v) is 9.04. The number of hydrogen-bond acceptors (Lipinski definition) is 3. The van der Waals surface area contributed by atoms with Gasteiger partial charge in [0.15, 0.2) is 0 Å². The number of nitrogens with zero attached hydrogens (tertiary/aromatic N) is 2. The molecule has 2 aromatic carbocycles. The number of hydrogen-bond donors (Lipinski definition) is 1. The lowest BCUT2D eigenvalue weighted by Gasteiger charge is -2.34. The van der Waals surface area contributed by atoms with Gasteiger partial charge in [0.2, 0.25) is 5.91 Å². The van der Waals surface area contributed by atoms with Crippen molar-refractivity contribution in [3.63, 3.8) is 0 Å². The smallest absolute Gasteiger partial charge is 0.220 e. The molecule has 0 unspecified atom stereocenters. The third-order valence-corrected chi connectivity index (χ3v) is 4.78. The molecule has 2 aromatic rings. The lowest BCUT2D eigenvalue weighted by molar-refractivity contribution is -0.121. The molecule has 132 valence electrons. The van der Waals surface area contributed by atoms with Crippen LogP contribution in [0.25, 0.3) is 0 Å². The second-order valence-corrected chi connectivity index (χ2v) is 6.72. The molecule has 1 heterocycles. The Morgan fingerprint density at radius 2 is 1.60 bits per heavy atom. The van der Waals surface area contributed by atoms with Crippen LogP contribution in [0.4, 0.5) is 5.69 Å². The van der Waals surface area contributed by atoms with E-state index in [1.54, 1.807) is 0 Å². The fraction of sp³-hybridized carbons (Fsp3) is 0.381. The van der Waals surface area contributed by atoms with E-state index in [1.165, 1.54) is 11.3 Å². The van der Waals surface area contributed by atoms with Crippen molar-refractivity contribution in [1.82, 2.24) is 10.2 Å². The summed E-state index contributed by atoms with van der Waals surface area (Å²) in [5, 5.41) is 3.01. The van der Waals surface area contributed by atoms with Crippen molar-refractivity contribution in [3.05, 3.63) is 65.7 Å². The van der Waals surface area contributed by atoms with Gasteiger partial charge in [0.25, 0.3) is 0 Å². The predicted octanol–water partition coefficient (Wildman–Crippen LogP) is 2.69. The monoisotopic (exact) mass is 337 g/mol. The number of carbonyl (C=O) groups excluding carboxylic acids is 1. The Morgan fingerprint density at radius 1 is 0.920 bits per heavy atom. The van der Waals surface area contributed by atoms with Crippen LogP contribution in [0.1, 0.15) is 17.5 Å². The van der Waals surface area contributed by atoms with Crippen molar-refractivity contribution in [2.75, 3.05) is 38.1 Å². The maximum atomic E-state index is 12.0. The van der Waals surface area contributed by atoms with Crippen molar-refractivity contribution < 1.29 is 4.79 Å². The summed E-state index contributed by atoms with van der Waals surface area (Å²) in [6, 6.07) is 18.7. The number of nitrogens with one attached hydrogen (secondary N) is 1. The second-order valence-electron chi connectivity index (χ2n) is 6.72. The molecule has 4 heteroatoms. The van der Waals surface area contributed by atoms with Crippen LogP contribution in [0.3, 0.4) is 0 Å². The number of piperazine rings is 1. The minimum Gasteiger partial charge on any atom is -0.369 e. The summed E-state index contributed by atoms with van der Waals surface area (Å²) >= 11 is 0.